The number of aromatic nitrogens is 1. The predicted molar refractivity (Wildman–Crippen MR) is 116 cm³/mol. The van der Waals surface area contributed by atoms with Crippen LogP contribution in [0.25, 0.3) is 17.2 Å². The summed E-state index contributed by atoms with van der Waals surface area (Å²) in [6.45, 7) is 0. The van der Waals surface area contributed by atoms with Crippen molar-refractivity contribution in [1.29, 1.82) is 0 Å². The van der Waals surface area contributed by atoms with Crippen molar-refractivity contribution in [3.8, 4) is 11.1 Å². The lowest BCUT2D eigenvalue weighted by Crippen LogP contribution is -2.14. The molecular weight excluding hydrogens is 442 g/mol. The molecule has 9 nitrogen and oxygen atoms in total. The number of amides is 1. The topological polar surface area (TPSA) is 135 Å². The Morgan fingerprint density at radius 3 is 2.39 bits per heavy atom. The maximum Gasteiger partial charge on any atom is 0.267 e. The monoisotopic (exact) mass is 461 g/mol. The molecule has 0 radical (unpaired) electrons. The molecular formula is C20H19N3O6S2. The van der Waals surface area contributed by atoms with Crippen LogP contribution in [0, 0.1) is 0 Å². The Balaban J connectivity index is 2.04. The fourth-order valence-electron chi connectivity index (χ4n) is 2.81. The van der Waals surface area contributed by atoms with E-state index in [-0.39, 0.29) is 10.6 Å². The summed E-state index contributed by atoms with van der Waals surface area (Å²) in [7, 11) is -7.71. The standard InChI is InChI=1S/C20H19N3O6S2/c1-30(26,27)22-19-13-17(8-9-18(19)16-5-3-2-4-6-16)31(28,29)23-12-11-15(14-23)7-10-20(24)21-25/h2-14,22,25H,1H3,(H,21,24). The third-order valence-corrected chi connectivity index (χ3v) is 6.40. The van der Waals surface area contributed by atoms with Gasteiger partial charge in [0.05, 0.1) is 16.8 Å². The minimum Gasteiger partial charge on any atom is -0.288 e. The van der Waals surface area contributed by atoms with Crippen molar-refractivity contribution < 1.29 is 26.8 Å². The van der Waals surface area contributed by atoms with E-state index in [1.165, 1.54) is 48.2 Å². The summed E-state index contributed by atoms with van der Waals surface area (Å²) < 4.78 is 53.1. The number of carbonyl (C=O) groups excluding carboxylic acids is 1. The quantitative estimate of drug-likeness (QED) is 0.281. The summed E-state index contributed by atoms with van der Waals surface area (Å²) in [5.74, 6) is -0.761. The van der Waals surface area contributed by atoms with Gasteiger partial charge in [-0.3, -0.25) is 14.7 Å². The number of nitrogens with one attached hydrogen (secondary N) is 2. The van der Waals surface area contributed by atoms with Crippen LogP contribution < -0.4 is 10.2 Å². The summed E-state index contributed by atoms with van der Waals surface area (Å²) >= 11 is 0. The third kappa shape index (κ3) is 5.40. The van der Waals surface area contributed by atoms with E-state index >= 15 is 0 Å². The number of anilines is 1. The normalized spacial score (nSPS) is 12.1. The van der Waals surface area contributed by atoms with Crippen LogP contribution in [-0.4, -0.2) is 38.2 Å². The largest absolute Gasteiger partial charge is 0.288 e. The first-order valence-electron chi connectivity index (χ1n) is 8.83. The van der Waals surface area contributed by atoms with Crippen molar-refractivity contribution >= 4 is 37.7 Å². The van der Waals surface area contributed by atoms with Crippen LogP contribution in [0.15, 0.2) is 78.0 Å². The van der Waals surface area contributed by atoms with E-state index in [0.717, 1.165) is 16.3 Å². The Morgan fingerprint density at radius 2 is 1.74 bits per heavy atom. The molecule has 3 aromatic rings. The maximum absolute atomic E-state index is 13.0. The molecule has 0 aliphatic rings. The molecule has 2 aromatic carbocycles. The highest BCUT2D eigenvalue weighted by Crippen LogP contribution is 2.31. The number of sulfonamides is 1. The molecule has 1 aromatic heterocycles. The summed E-state index contributed by atoms with van der Waals surface area (Å²) in [6, 6.07) is 14.6. The molecule has 3 rings (SSSR count). The average molecular weight is 462 g/mol. The average Bonchev–Trinajstić information content (AvgIpc) is 3.21. The second-order valence-electron chi connectivity index (χ2n) is 6.54. The van der Waals surface area contributed by atoms with Crippen LogP contribution in [0.5, 0.6) is 0 Å². The first-order valence-corrected chi connectivity index (χ1v) is 12.2. The molecule has 0 bridgehead atoms. The second kappa shape index (κ2) is 8.76. The molecule has 1 heterocycles. The molecule has 11 heteroatoms. The number of carbonyl (C=O) groups is 1. The van der Waals surface area contributed by atoms with Gasteiger partial charge in [0, 0.05) is 24.0 Å². The van der Waals surface area contributed by atoms with E-state index in [2.05, 4.69) is 4.72 Å². The molecule has 0 aliphatic heterocycles. The molecule has 0 saturated carbocycles. The number of hydroxylamine groups is 1. The van der Waals surface area contributed by atoms with Crippen molar-refractivity contribution in [3.05, 3.63) is 78.6 Å². The van der Waals surface area contributed by atoms with E-state index < -0.39 is 26.0 Å². The van der Waals surface area contributed by atoms with Gasteiger partial charge in [-0.25, -0.2) is 26.3 Å². The highest BCUT2D eigenvalue weighted by molar-refractivity contribution is 7.92. The van der Waals surface area contributed by atoms with Crippen LogP contribution in [0.1, 0.15) is 5.56 Å². The maximum atomic E-state index is 13.0. The van der Waals surface area contributed by atoms with Crippen molar-refractivity contribution in [2.75, 3.05) is 11.0 Å². The number of nitrogens with zero attached hydrogens (tertiary/aromatic N) is 1. The Kier molecular flexibility index (Phi) is 6.29. The fourth-order valence-corrected chi connectivity index (χ4v) is 4.61. The lowest BCUT2D eigenvalue weighted by molar-refractivity contribution is -0.124. The first kappa shape index (κ1) is 22.3. The van der Waals surface area contributed by atoms with E-state index in [1.54, 1.807) is 24.3 Å². The fraction of sp³-hybridized carbons (Fsp3) is 0.0500. The Bertz CT molecular complexity index is 1340. The van der Waals surface area contributed by atoms with Gasteiger partial charge >= 0.3 is 0 Å². The van der Waals surface area contributed by atoms with Gasteiger partial charge in [0.25, 0.3) is 15.9 Å². The molecule has 31 heavy (non-hydrogen) atoms. The van der Waals surface area contributed by atoms with Gasteiger partial charge in [-0.05, 0) is 35.4 Å². The van der Waals surface area contributed by atoms with E-state index in [0.29, 0.717) is 16.7 Å². The van der Waals surface area contributed by atoms with Crippen LogP contribution >= 0.6 is 0 Å². The summed E-state index contributed by atoms with van der Waals surface area (Å²) in [6.07, 6.45) is 5.92. The molecule has 0 aliphatic carbocycles. The zero-order chi connectivity index (χ0) is 22.6. The lowest BCUT2D eigenvalue weighted by Gasteiger charge is -2.14. The third-order valence-electron chi connectivity index (χ3n) is 4.17. The first-order chi connectivity index (χ1) is 14.6. The number of rotatable bonds is 7. The SMILES string of the molecule is CS(=O)(=O)Nc1cc(S(=O)(=O)n2ccc(C=CC(=O)NO)c2)ccc1-c1ccccc1. The van der Waals surface area contributed by atoms with Gasteiger partial charge < -0.3 is 0 Å². The van der Waals surface area contributed by atoms with Crippen LogP contribution in [0.4, 0.5) is 5.69 Å². The smallest absolute Gasteiger partial charge is 0.267 e. The molecule has 0 unspecified atom stereocenters. The van der Waals surface area contributed by atoms with Gasteiger partial charge in [-0.2, -0.15) is 0 Å². The molecule has 3 N–H and O–H groups in total. The molecule has 0 atom stereocenters. The number of hydrogen-bond acceptors (Lipinski definition) is 6. The van der Waals surface area contributed by atoms with Crippen molar-refractivity contribution in [2.24, 2.45) is 0 Å². The highest BCUT2D eigenvalue weighted by atomic mass is 32.2. The molecule has 1 amide bonds. The van der Waals surface area contributed by atoms with Gasteiger partial charge in [0.2, 0.25) is 10.0 Å². The number of benzene rings is 2. The van der Waals surface area contributed by atoms with Crippen molar-refractivity contribution in [2.45, 2.75) is 4.90 Å². The summed E-state index contributed by atoms with van der Waals surface area (Å²) in [4.78, 5) is 11.0. The van der Waals surface area contributed by atoms with E-state index in [4.69, 9.17) is 5.21 Å². The van der Waals surface area contributed by atoms with E-state index in [1.807, 2.05) is 6.07 Å². The van der Waals surface area contributed by atoms with Gasteiger partial charge in [-0.1, -0.05) is 36.4 Å². The Morgan fingerprint density at radius 1 is 1.03 bits per heavy atom. The second-order valence-corrected chi connectivity index (χ2v) is 10.1. The lowest BCUT2D eigenvalue weighted by atomic mass is 10.0. The van der Waals surface area contributed by atoms with Crippen molar-refractivity contribution in [3.63, 3.8) is 0 Å². The van der Waals surface area contributed by atoms with Gasteiger partial charge in [0.1, 0.15) is 0 Å². The predicted octanol–water partition coefficient (Wildman–Crippen LogP) is 2.28. The van der Waals surface area contributed by atoms with Crippen LogP contribution in [0.2, 0.25) is 0 Å². The van der Waals surface area contributed by atoms with Crippen LogP contribution in [-0.2, 0) is 24.8 Å². The van der Waals surface area contributed by atoms with Crippen molar-refractivity contribution in [1.82, 2.24) is 9.45 Å². The molecule has 162 valence electrons. The van der Waals surface area contributed by atoms with Gasteiger partial charge in [-0.15, -0.1) is 0 Å². The number of hydrogen-bond donors (Lipinski definition) is 3. The zero-order valence-corrected chi connectivity index (χ0v) is 17.9. The molecule has 0 spiro atoms. The summed E-state index contributed by atoms with van der Waals surface area (Å²) in [5, 5.41) is 8.51. The minimum absolute atomic E-state index is 0.127. The molecule has 0 fully saturated rings. The highest BCUT2D eigenvalue weighted by Gasteiger charge is 2.20. The Labute approximate surface area is 179 Å². The minimum atomic E-state index is -4.04. The summed E-state index contributed by atoms with van der Waals surface area (Å²) in [5.41, 5.74) is 3.21. The zero-order valence-electron chi connectivity index (χ0n) is 16.3. The van der Waals surface area contributed by atoms with E-state index in [9.17, 15) is 21.6 Å². The Hall–Kier alpha value is -3.41. The van der Waals surface area contributed by atoms with Crippen LogP contribution in [0.3, 0.4) is 0 Å². The molecule has 0 saturated heterocycles. The van der Waals surface area contributed by atoms with Gasteiger partial charge in [0.15, 0.2) is 0 Å².